The maximum Gasteiger partial charge on any atom is 0.340 e. The Kier molecular flexibility index (Phi) is 8.50. The number of hydrogen-bond acceptors (Lipinski definition) is 7. The maximum absolute atomic E-state index is 12.4. The maximum atomic E-state index is 12.4. The summed E-state index contributed by atoms with van der Waals surface area (Å²) in [4.78, 5) is 24.1. The van der Waals surface area contributed by atoms with Crippen LogP contribution in [0, 0.1) is 5.92 Å². The van der Waals surface area contributed by atoms with Crippen LogP contribution < -0.4 is 5.32 Å². The number of ether oxygens (including phenoxy) is 1. The predicted octanol–water partition coefficient (Wildman–Crippen LogP) is 4.56. The van der Waals surface area contributed by atoms with Crippen molar-refractivity contribution in [2.24, 2.45) is 5.92 Å². The molecule has 0 spiro atoms. The number of aromatic nitrogens is 3. The van der Waals surface area contributed by atoms with Crippen LogP contribution in [0.4, 0.5) is 5.00 Å². The third kappa shape index (κ3) is 5.95. The van der Waals surface area contributed by atoms with Crippen LogP contribution in [0.5, 0.6) is 0 Å². The van der Waals surface area contributed by atoms with Gasteiger partial charge in [0.25, 0.3) is 0 Å². The summed E-state index contributed by atoms with van der Waals surface area (Å²) in [7, 11) is 1.32. The number of anilines is 1. The number of rotatable bonds is 10. The first-order valence-electron chi connectivity index (χ1n) is 10.2. The van der Waals surface area contributed by atoms with Gasteiger partial charge in [-0.1, -0.05) is 49.9 Å². The van der Waals surface area contributed by atoms with E-state index in [4.69, 9.17) is 4.74 Å². The SMILES string of the molecule is C=CCn1c(CCC2CCCCC2)nnc1SCC(=O)Nc1sccc1C(=O)OC. The van der Waals surface area contributed by atoms with Gasteiger partial charge in [-0.25, -0.2) is 4.79 Å². The highest BCUT2D eigenvalue weighted by Crippen LogP contribution is 2.28. The van der Waals surface area contributed by atoms with Gasteiger partial charge in [-0.15, -0.1) is 28.1 Å². The van der Waals surface area contributed by atoms with Crippen molar-refractivity contribution in [3.05, 3.63) is 35.5 Å². The molecule has 30 heavy (non-hydrogen) atoms. The minimum Gasteiger partial charge on any atom is -0.465 e. The smallest absolute Gasteiger partial charge is 0.340 e. The standard InChI is InChI=1S/C21H28N4O3S2/c1-3-12-25-17(10-9-15-7-5-4-6-8-15)23-24-21(25)30-14-18(26)22-19-16(11-13-29-19)20(27)28-2/h3,11,13,15H,1,4-10,12,14H2,2H3,(H,22,26). The Morgan fingerprint density at radius 3 is 2.90 bits per heavy atom. The molecule has 0 radical (unpaired) electrons. The molecular weight excluding hydrogens is 420 g/mol. The van der Waals surface area contributed by atoms with E-state index in [-0.39, 0.29) is 11.7 Å². The van der Waals surface area contributed by atoms with Crippen molar-refractivity contribution in [1.29, 1.82) is 0 Å². The molecule has 162 valence electrons. The van der Waals surface area contributed by atoms with Crippen LogP contribution in [0.1, 0.15) is 54.7 Å². The summed E-state index contributed by atoms with van der Waals surface area (Å²) in [5.74, 6) is 1.24. The highest BCUT2D eigenvalue weighted by molar-refractivity contribution is 7.99. The second kappa shape index (κ2) is 11.3. The number of carbonyl (C=O) groups excluding carboxylic acids is 2. The number of esters is 1. The Balaban J connectivity index is 1.57. The van der Waals surface area contributed by atoms with Crippen molar-refractivity contribution < 1.29 is 14.3 Å². The Labute approximate surface area is 185 Å². The molecule has 1 N–H and O–H groups in total. The number of carbonyl (C=O) groups is 2. The largest absolute Gasteiger partial charge is 0.465 e. The molecule has 0 bridgehead atoms. The summed E-state index contributed by atoms with van der Waals surface area (Å²) < 4.78 is 6.78. The van der Waals surface area contributed by atoms with Gasteiger partial charge in [0.15, 0.2) is 5.16 Å². The third-order valence-corrected chi connectivity index (χ3v) is 7.06. The number of nitrogens with one attached hydrogen (secondary N) is 1. The lowest BCUT2D eigenvalue weighted by atomic mass is 9.86. The number of aryl methyl sites for hydroxylation is 1. The zero-order valence-electron chi connectivity index (χ0n) is 17.3. The van der Waals surface area contributed by atoms with E-state index in [1.165, 1.54) is 62.3 Å². The Hall–Kier alpha value is -2.13. The van der Waals surface area contributed by atoms with Gasteiger partial charge in [0.05, 0.1) is 18.4 Å². The third-order valence-electron chi connectivity index (χ3n) is 5.26. The minimum absolute atomic E-state index is 0.177. The van der Waals surface area contributed by atoms with Crippen LogP contribution in [-0.4, -0.2) is 39.5 Å². The highest BCUT2D eigenvalue weighted by atomic mass is 32.2. The van der Waals surface area contributed by atoms with E-state index >= 15 is 0 Å². The van der Waals surface area contributed by atoms with Crippen LogP contribution >= 0.6 is 23.1 Å². The molecular formula is C21H28N4O3S2. The average Bonchev–Trinajstić information content (AvgIpc) is 3.38. The van der Waals surface area contributed by atoms with Crippen LogP contribution in [0.2, 0.25) is 0 Å². The molecule has 0 atom stereocenters. The van der Waals surface area contributed by atoms with Gasteiger partial charge in [0.1, 0.15) is 10.8 Å². The Morgan fingerprint density at radius 2 is 2.17 bits per heavy atom. The predicted molar refractivity (Wildman–Crippen MR) is 120 cm³/mol. The normalized spacial score (nSPS) is 14.4. The van der Waals surface area contributed by atoms with E-state index in [0.717, 1.165) is 24.6 Å². The second-order valence-corrected chi connectivity index (χ2v) is 9.19. The van der Waals surface area contributed by atoms with E-state index in [9.17, 15) is 9.59 Å². The summed E-state index contributed by atoms with van der Waals surface area (Å²) in [5.41, 5.74) is 0.362. The lowest BCUT2D eigenvalue weighted by Crippen LogP contribution is -2.16. The summed E-state index contributed by atoms with van der Waals surface area (Å²) in [6, 6.07) is 1.64. The van der Waals surface area contributed by atoms with Crippen LogP contribution in [0.3, 0.4) is 0 Å². The topological polar surface area (TPSA) is 86.1 Å². The van der Waals surface area contributed by atoms with Crippen molar-refractivity contribution in [1.82, 2.24) is 14.8 Å². The molecule has 1 fully saturated rings. The molecule has 1 aliphatic carbocycles. The molecule has 1 saturated carbocycles. The van der Waals surface area contributed by atoms with Crippen molar-refractivity contribution >= 4 is 40.0 Å². The molecule has 0 unspecified atom stereocenters. The zero-order chi connectivity index (χ0) is 21.3. The van der Waals surface area contributed by atoms with Crippen molar-refractivity contribution in [2.45, 2.75) is 56.6 Å². The lowest BCUT2D eigenvalue weighted by molar-refractivity contribution is -0.113. The van der Waals surface area contributed by atoms with Crippen LogP contribution in [0.15, 0.2) is 29.3 Å². The monoisotopic (exact) mass is 448 g/mol. The molecule has 1 aliphatic rings. The van der Waals surface area contributed by atoms with Gasteiger partial charge in [-0.3, -0.25) is 4.79 Å². The van der Waals surface area contributed by atoms with E-state index < -0.39 is 5.97 Å². The van der Waals surface area contributed by atoms with Crippen LogP contribution in [-0.2, 0) is 22.5 Å². The lowest BCUT2D eigenvalue weighted by Gasteiger charge is -2.21. The summed E-state index contributed by atoms with van der Waals surface area (Å²) in [5, 5.41) is 14.4. The van der Waals surface area contributed by atoms with Crippen molar-refractivity contribution in [3.8, 4) is 0 Å². The molecule has 2 aromatic heterocycles. The molecule has 3 rings (SSSR count). The number of thiophene rings is 1. The Bertz CT molecular complexity index is 871. The molecule has 1 amide bonds. The summed E-state index contributed by atoms with van der Waals surface area (Å²) in [6.07, 6.45) is 10.5. The molecule has 9 heteroatoms. The van der Waals surface area contributed by atoms with E-state index in [0.29, 0.717) is 22.3 Å². The van der Waals surface area contributed by atoms with Gasteiger partial charge in [0.2, 0.25) is 5.91 Å². The highest BCUT2D eigenvalue weighted by Gasteiger charge is 2.19. The Morgan fingerprint density at radius 1 is 1.37 bits per heavy atom. The van der Waals surface area contributed by atoms with Gasteiger partial charge in [-0.2, -0.15) is 0 Å². The number of methoxy groups -OCH3 is 1. The summed E-state index contributed by atoms with van der Waals surface area (Å²) >= 11 is 2.63. The van der Waals surface area contributed by atoms with E-state index in [1.54, 1.807) is 11.4 Å². The number of thioether (sulfide) groups is 1. The van der Waals surface area contributed by atoms with Crippen LogP contribution in [0.25, 0.3) is 0 Å². The fraction of sp³-hybridized carbons (Fsp3) is 0.524. The fourth-order valence-electron chi connectivity index (χ4n) is 3.70. The fourth-order valence-corrected chi connectivity index (χ4v) is 5.26. The summed E-state index contributed by atoms with van der Waals surface area (Å²) in [6.45, 7) is 4.46. The van der Waals surface area contributed by atoms with E-state index in [2.05, 4.69) is 22.1 Å². The molecule has 0 saturated heterocycles. The number of nitrogens with zero attached hydrogens (tertiary/aromatic N) is 3. The molecule has 0 aromatic carbocycles. The zero-order valence-corrected chi connectivity index (χ0v) is 18.9. The number of hydrogen-bond donors (Lipinski definition) is 1. The first-order valence-corrected chi connectivity index (χ1v) is 12.1. The molecule has 0 aliphatic heterocycles. The van der Waals surface area contributed by atoms with Gasteiger partial charge in [0, 0.05) is 13.0 Å². The van der Waals surface area contributed by atoms with Crippen molar-refractivity contribution in [2.75, 3.05) is 18.2 Å². The number of amides is 1. The molecule has 2 aromatic rings. The first-order chi connectivity index (χ1) is 14.6. The quantitative estimate of drug-likeness (QED) is 0.326. The van der Waals surface area contributed by atoms with E-state index in [1.807, 2.05) is 10.6 Å². The van der Waals surface area contributed by atoms with Crippen molar-refractivity contribution in [3.63, 3.8) is 0 Å². The van der Waals surface area contributed by atoms with Gasteiger partial charge >= 0.3 is 5.97 Å². The molecule has 2 heterocycles. The first kappa shape index (κ1) is 22.6. The van der Waals surface area contributed by atoms with Gasteiger partial charge < -0.3 is 14.6 Å². The second-order valence-electron chi connectivity index (χ2n) is 7.33. The number of allylic oxidation sites excluding steroid dienone is 1. The minimum atomic E-state index is -0.465. The molecule has 7 nitrogen and oxygen atoms in total. The average molecular weight is 449 g/mol. The van der Waals surface area contributed by atoms with Gasteiger partial charge in [-0.05, 0) is 23.8 Å².